The van der Waals surface area contributed by atoms with Crippen molar-refractivity contribution < 1.29 is 19.1 Å². The smallest absolute Gasteiger partial charge is 0.338 e. The average molecular weight is 390 g/mol. The fourth-order valence-electron chi connectivity index (χ4n) is 2.31. The lowest BCUT2D eigenvalue weighted by atomic mass is 10.1. The SMILES string of the molecule is COc1ccccc1C1=C[C@@H](COC(=O)c2ccc(Br)cc2)ON1. The van der Waals surface area contributed by atoms with Crippen LogP contribution >= 0.6 is 15.9 Å². The number of hydrogen-bond acceptors (Lipinski definition) is 5. The van der Waals surface area contributed by atoms with Crippen molar-refractivity contribution in [2.24, 2.45) is 0 Å². The first-order valence-electron chi connectivity index (χ1n) is 7.37. The topological polar surface area (TPSA) is 56.8 Å². The molecule has 1 aliphatic heterocycles. The Hall–Kier alpha value is -2.31. The number of ether oxygens (including phenoxy) is 2. The van der Waals surface area contributed by atoms with Gasteiger partial charge in [0.25, 0.3) is 0 Å². The molecule has 1 atom stereocenters. The second-order valence-corrected chi connectivity index (χ2v) is 6.06. The lowest BCUT2D eigenvalue weighted by molar-refractivity contribution is -0.00355. The molecule has 124 valence electrons. The molecule has 0 fully saturated rings. The van der Waals surface area contributed by atoms with Gasteiger partial charge in [-0.05, 0) is 42.5 Å². The van der Waals surface area contributed by atoms with E-state index in [4.69, 9.17) is 14.3 Å². The number of esters is 1. The van der Waals surface area contributed by atoms with Crippen LogP contribution in [0.3, 0.4) is 0 Å². The molecule has 24 heavy (non-hydrogen) atoms. The number of methoxy groups -OCH3 is 1. The minimum absolute atomic E-state index is 0.126. The summed E-state index contributed by atoms with van der Waals surface area (Å²) in [6, 6.07) is 14.6. The third kappa shape index (κ3) is 3.77. The van der Waals surface area contributed by atoms with Gasteiger partial charge in [0.15, 0.2) is 0 Å². The maximum atomic E-state index is 12.0. The van der Waals surface area contributed by atoms with E-state index in [0.29, 0.717) is 5.56 Å². The van der Waals surface area contributed by atoms with Crippen LogP contribution in [0.25, 0.3) is 5.70 Å². The molecule has 0 unspecified atom stereocenters. The summed E-state index contributed by atoms with van der Waals surface area (Å²) in [5.74, 6) is 0.359. The number of carbonyl (C=O) groups is 1. The second-order valence-electron chi connectivity index (χ2n) is 5.14. The summed E-state index contributed by atoms with van der Waals surface area (Å²) >= 11 is 3.33. The Kier molecular flexibility index (Phi) is 5.17. The van der Waals surface area contributed by atoms with Crippen molar-refractivity contribution in [3.63, 3.8) is 0 Å². The van der Waals surface area contributed by atoms with Crippen LogP contribution in [0.15, 0.2) is 59.1 Å². The molecule has 2 aromatic rings. The van der Waals surface area contributed by atoms with Crippen LogP contribution in [0, 0.1) is 0 Å². The van der Waals surface area contributed by atoms with Crippen LogP contribution in [0.4, 0.5) is 0 Å². The highest BCUT2D eigenvalue weighted by Gasteiger charge is 2.21. The summed E-state index contributed by atoms with van der Waals surface area (Å²) in [5.41, 5.74) is 5.03. The van der Waals surface area contributed by atoms with Crippen LogP contribution in [0.5, 0.6) is 5.75 Å². The summed E-state index contributed by atoms with van der Waals surface area (Å²) in [6.45, 7) is 0.126. The molecule has 5 nitrogen and oxygen atoms in total. The summed E-state index contributed by atoms with van der Waals surface area (Å²) in [6.07, 6.45) is 1.51. The largest absolute Gasteiger partial charge is 0.496 e. The average Bonchev–Trinajstić information content (AvgIpc) is 3.09. The standard InChI is InChI=1S/C18H16BrNO4/c1-22-17-5-3-2-4-15(17)16-10-14(24-20-16)11-23-18(21)12-6-8-13(19)9-7-12/h2-10,14,20H,11H2,1H3/t14-/m0/s1. The lowest BCUT2D eigenvalue weighted by Gasteiger charge is -2.09. The van der Waals surface area contributed by atoms with Crippen molar-refractivity contribution in [3.8, 4) is 5.75 Å². The number of rotatable bonds is 5. The van der Waals surface area contributed by atoms with Gasteiger partial charge in [0, 0.05) is 10.0 Å². The molecule has 0 bridgehead atoms. The highest BCUT2D eigenvalue weighted by atomic mass is 79.9. The molecule has 3 rings (SSSR count). The Bertz CT molecular complexity index is 758. The predicted octanol–water partition coefficient (Wildman–Crippen LogP) is 3.56. The third-order valence-corrected chi connectivity index (χ3v) is 4.06. The van der Waals surface area contributed by atoms with Gasteiger partial charge in [-0.25, -0.2) is 4.79 Å². The summed E-state index contributed by atoms with van der Waals surface area (Å²) in [5, 5.41) is 0. The number of nitrogens with one attached hydrogen (secondary N) is 1. The van der Waals surface area contributed by atoms with E-state index in [1.807, 2.05) is 30.3 Å². The van der Waals surface area contributed by atoms with E-state index in [-0.39, 0.29) is 18.7 Å². The Morgan fingerprint density at radius 3 is 2.71 bits per heavy atom. The monoisotopic (exact) mass is 389 g/mol. The fraction of sp³-hybridized carbons (Fsp3) is 0.167. The Labute approximate surface area is 148 Å². The van der Waals surface area contributed by atoms with Crippen molar-refractivity contribution in [1.82, 2.24) is 5.48 Å². The van der Waals surface area contributed by atoms with Gasteiger partial charge in [-0.15, -0.1) is 0 Å². The van der Waals surface area contributed by atoms with Gasteiger partial charge >= 0.3 is 5.97 Å². The molecule has 0 aromatic heterocycles. The van der Waals surface area contributed by atoms with Crippen molar-refractivity contribution >= 4 is 27.6 Å². The van der Waals surface area contributed by atoms with E-state index >= 15 is 0 Å². The first kappa shape index (κ1) is 16.5. The minimum atomic E-state index is -0.384. The number of halogens is 1. The van der Waals surface area contributed by atoms with Crippen molar-refractivity contribution in [1.29, 1.82) is 0 Å². The zero-order valence-electron chi connectivity index (χ0n) is 13.0. The normalized spacial score (nSPS) is 16.2. The predicted molar refractivity (Wildman–Crippen MR) is 93.4 cm³/mol. The highest BCUT2D eigenvalue weighted by molar-refractivity contribution is 9.10. The first-order valence-corrected chi connectivity index (χ1v) is 8.16. The summed E-state index contributed by atoms with van der Waals surface area (Å²) < 4.78 is 11.5. The van der Waals surface area contributed by atoms with Gasteiger partial charge in [-0.1, -0.05) is 28.1 Å². The molecule has 6 heteroatoms. The summed E-state index contributed by atoms with van der Waals surface area (Å²) in [7, 11) is 1.62. The molecule has 0 radical (unpaired) electrons. The first-order chi connectivity index (χ1) is 11.7. The van der Waals surface area contributed by atoms with Gasteiger partial charge in [-0.3, -0.25) is 10.3 Å². The molecular weight excluding hydrogens is 374 g/mol. The lowest BCUT2D eigenvalue weighted by Crippen LogP contribution is -2.20. The van der Waals surface area contributed by atoms with Gasteiger partial charge in [0.05, 0.1) is 18.4 Å². The number of hydrogen-bond donors (Lipinski definition) is 1. The maximum Gasteiger partial charge on any atom is 0.338 e. The molecule has 0 saturated heterocycles. The molecule has 2 aromatic carbocycles. The van der Waals surface area contributed by atoms with Crippen LogP contribution in [-0.2, 0) is 9.57 Å². The summed E-state index contributed by atoms with van der Waals surface area (Å²) in [4.78, 5) is 17.5. The molecular formula is C18H16BrNO4. The van der Waals surface area contributed by atoms with Crippen molar-refractivity contribution in [3.05, 3.63) is 70.2 Å². The van der Waals surface area contributed by atoms with Crippen molar-refractivity contribution in [2.75, 3.05) is 13.7 Å². The second kappa shape index (κ2) is 7.51. The van der Waals surface area contributed by atoms with E-state index in [1.54, 1.807) is 31.4 Å². The van der Waals surface area contributed by atoms with Crippen LogP contribution in [0.1, 0.15) is 15.9 Å². The van der Waals surface area contributed by atoms with E-state index < -0.39 is 0 Å². The molecule has 0 spiro atoms. The Morgan fingerprint density at radius 1 is 1.21 bits per heavy atom. The van der Waals surface area contributed by atoms with E-state index in [2.05, 4.69) is 21.4 Å². The van der Waals surface area contributed by atoms with Crippen LogP contribution in [-0.4, -0.2) is 25.8 Å². The number of hydroxylamine groups is 1. The fourth-order valence-corrected chi connectivity index (χ4v) is 2.58. The Balaban J connectivity index is 1.62. The van der Waals surface area contributed by atoms with Gasteiger partial charge in [0.2, 0.25) is 0 Å². The minimum Gasteiger partial charge on any atom is -0.496 e. The molecule has 1 heterocycles. The zero-order valence-corrected chi connectivity index (χ0v) is 14.6. The quantitative estimate of drug-likeness (QED) is 0.792. The molecule has 0 aliphatic carbocycles. The van der Waals surface area contributed by atoms with Crippen LogP contribution in [0.2, 0.25) is 0 Å². The Morgan fingerprint density at radius 2 is 1.96 bits per heavy atom. The van der Waals surface area contributed by atoms with Gasteiger partial charge < -0.3 is 9.47 Å². The molecule has 0 saturated carbocycles. The highest BCUT2D eigenvalue weighted by Crippen LogP contribution is 2.27. The maximum absolute atomic E-state index is 12.0. The number of carbonyl (C=O) groups excluding carboxylic acids is 1. The van der Waals surface area contributed by atoms with E-state index in [0.717, 1.165) is 21.5 Å². The zero-order chi connectivity index (χ0) is 16.9. The third-order valence-electron chi connectivity index (χ3n) is 3.53. The molecule has 0 amide bonds. The van der Waals surface area contributed by atoms with Crippen LogP contribution < -0.4 is 10.2 Å². The number of para-hydroxylation sites is 1. The van der Waals surface area contributed by atoms with Crippen molar-refractivity contribution in [2.45, 2.75) is 6.10 Å². The molecule has 1 aliphatic rings. The van der Waals surface area contributed by atoms with Gasteiger partial charge in [0.1, 0.15) is 18.5 Å². The number of benzene rings is 2. The molecule has 1 N–H and O–H groups in total. The van der Waals surface area contributed by atoms with Gasteiger partial charge in [-0.2, -0.15) is 0 Å². The van der Waals surface area contributed by atoms with E-state index in [9.17, 15) is 4.79 Å². The van der Waals surface area contributed by atoms with E-state index in [1.165, 1.54) is 0 Å².